The van der Waals surface area contributed by atoms with Crippen LogP contribution < -0.4 is 0 Å². The van der Waals surface area contributed by atoms with Gasteiger partial charge >= 0.3 is 17.1 Å². The minimum Gasteiger partial charge on any atom is -0.753 e. The molecule has 250 valence electrons. The molecule has 0 unspecified atom stereocenters. The van der Waals surface area contributed by atoms with Crippen LogP contribution in [0.4, 0.5) is 0 Å². The average Bonchev–Trinajstić information content (AvgIpc) is 4.01. The van der Waals surface area contributed by atoms with Crippen molar-refractivity contribution in [3.05, 3.63) is 157 Å². The maximum Gasteiger partial charge on any atom is 2.00 e. The van der Waals surface area contributed by atoms with Crippen LogP contribution in [0.5, 0.6) is 0 Å². The fourth-order valence-corrected chi connectivity index (χ4v) is 4.53. The van der Waals surface area contributed by atoms with Gasteiger partial charge in [-0.25, -0.2) is 9.35 Å². The molecule has 0 fully saturated rings. The SMILES string of the molecule is [Fe+2].[N-]=C=S.[N-]=C=S.c1ccc(-c2nnc(-c3ccccn3)n2-n2cccc2)nc1.c1ccc(-c2nnc(-c3ccccn3)n2-n2cccc2)nc1. The van der Waals surface area contributed by atoms with Gasteiger partial charge in [0, 0.05) is 49.6 Å². The number of hydrogen-bond acceptors (Lipinski definition) is 10. The Bertz CT molecular complexity index is 1970. The first-order chi connectivity index (χ1) is 24.7. The number of rotatable bonds is 6. The van der Waals surface area contributed by atoms with Crippen molar-refractivity contribution in [3.8, 4) is 46.1 Å². The Hall–Kier alpha value is -6.44. The van der Waals surface area contributed by atoms with Crippen LogP contribution in [0.25, 0.3) is 56.9 Å². The molecular weight excluding hydrogens is 724 g/mol. The molecule has 0 saturated heterocycles. The molecule has 0 aliphatic carbocycles. The van der Waals surface area contributed by atoms with E-state index in [1.807, 2.05) is 141 Å². The molecule has 8 aromatic rings. The Kier molecular flexibility index (Phi) is 14.3. The Morgan fingerprint density at radius 2 is 0.647 bits per heavy atom. The molecule has 51 heavy (non-hydrogen) atoms. The molecule has 0 aliphatic heterocycles. The van der Waals surface area contributed by atoms with E-state index in [-0.39, 0.29) is 17.1 Å². The van der Waals surface area contributed by atoms with Crippen molar-refractivity contribution in [1.82, 2.24) is 59.0 Å². The van der Waals surface area contributed by atoms with Gasteiger partial charge in [0.1, 0.15) is 22.8 Å². The molecule has 8 rings (SSSR count). The van der Waals surface area contributed by atoms with E-state index < -0.39 is 0 Å². The number of isothiocyanates is 2. The van der Waals surface area contributed by atoms with Crippen molar-refractivity contribution in [2.45, 2.75) is 0 Å². The molecule has 8 heterocycles. The van der Waals surface area contributed by atoms with E-state index in [1.165, 1.54) is 10.3 Å². The Morgan fingerprint density at radius 1 is 0.412 bits per heavy atom. The molecule has 0 aliphatic rings. The van der Waals surface area contributed by atoms with Crippen LogP contribution in [0.1, 0.15) is 0 Å². The van der Waals surface area contributed by atoms with Crippen LogP contribution in [0.3, 0.4) is 0 Å². The molecule has 0 atom stereocenters. The average molecular weight is 749 g/mol. The topological polar surface area (TPSA) is 167 Å². The quantitative estimate of drug-likeness (QED) is 0.106. The number of thiocarbonyl (C=S) groups is 2. The van der Waals surface area contributed by atoms with E-state index in [2.05, 4.69) is 64.8 Å². The minimum atomic E-state index is 0. The maximum atomic E-state index is 7.13. The molecule has 0 saturated carbocycles. The van der Waals surface area contributed by atoms with Gasteiger partial charge < -0.3 is 10.8 Å². The second-order valence-electron chi connectivity index (χ2n) is 9.49. The summed E-state index contributed by atoms with van der Waals surface area (Å²) in [4.78, 5) is 17.5. The third kappa shape index (κ3) is 9.38. The molecule has 17 heteroatoms. The monoisotopic (exact) mass is 748 g/mol. The van der Waals surface area contributed by atoms with E-state index in [1.54, 1.807) is 24.8 Å². The molecule has 0 aromatic carbocycles. The van der Waals surface area contributed by atoms with Crippen molar-refractivity contribution in [3.63, 3.8) is 0 Å². The Morgan fingerprint density at radius 3 is 0.843 bits per heavy atom. The molecular formula is C34H24FeN14S2. The predicted molar refractivity (Wildman–Crippen MR) is 195 cm³/mol. The largest absolute Gasteiger partial charge is 2.00 e. The summed E-state index contributed by atoms with van der Waals surface area (Å²) >= 11 is 7.40. The van der Waals surface area contributed by atoms with Crippen LogP contribution in [-0.4, -0.2) is 69.4 Å². The van der Waals surface area contributed by atoms with Crippen molar-refractivity contribution in [2.24, 2.45) is 0 Å². The summed E-state index contributed by atoms with van der Waals surface area (Å²) in [6.07, 6.45) is 14.7. The normalized spacial score (nSPS) is 9.57. The fraction of sp³-hybridized carbons (Fsp3) is 0. The van der Waals surface area contributed by atoms with Gasteiger partial charge in [0.25, 0.3) is 0 Å². The Balaban J connectivity index is 0.000000195. The minimum absolute atomic E-state index is 0. The first kappa shape index (κ1) is 37.4. The van der Waals surface area contributed by atoms with Crippen LogP contribution in [0.2, 0.25) is 0 Å². The van der Waals surface area contributed by atoms with E-state index >= 15 is 0 Å². The van der Waals surface area contributed by atoms with Gasteiger partial charge in [-0.1, -0.05) is 48.7 Å². The first-order valence-electron chi connectivity index (χ1n) is 14.6. The zero-order chi connectivity index (χ0) is 35.0. The first-order valence-corrected chi connectivity index (χ1v) is 15.4. The summed E-state index contributed by atoms with van der Waals surface area (Å²) in [6.45, 7) is 0. The number of pyridine rings is 4. The predicted octanol–water partition coefficient (Wildman–Crippen LogP) is 6.34. The van der Waals surface area contributed by atoms with Gasteiger partial charge in [-0.15, -0.1) is 20.4 Å². The molecule has 0 amide bonds. The van der Waals surface area contributed by atoms with Crippen LogP contribution in [0, 0.1) is 0 Å². The van der Waals surface area contributed by atoms with Crippen molar-refractivity contribution in [2.75, 3.05) is 0 Å². The van der Waals surface area contributed by atoms with Crippen LogP contribution in [-0.2, 0) is 17.1 Å². The van der Waals surface area contributed by atoms with Gasteiger partial charge in [-0.3, -0.25) is 29.3 Å². The van der Waals surface area contributed by atoms with E-state index in [9.17, 15) is 0 Å². The Labute approximate surface area is 313 Å². The molecule has 0 radical (unpaired) electrons. The summed E-state index contributed by atoms with van der Waals surface area (Å²) in [5.41, 5.74) is 3.02. The van der Waals surface area contributed by atoms with Gasteiger partial charge in [0.2, 0.25) is 23.3 Å². The zero-order valence-electron chi connectivity index (χ0n) is 26.3. The second-order valence-corrected chi connectivity index (χ2v) is 9.85. The summed E-state index contributed by atoms with van der Waals surface area (Å²) in [7, 11) is 0. The van der Waals surface area contributed by atoms with Gasteiger partial charge in [-0.2, -0.15) is 10.3 Å². The molecule has 8 aromatic heterocycles. The summed E-state index contributed by atoms with van der Waals surface area (Å²) in [6, 6.07) is 30.6. The smallest absolute Gasteiger partial charge is 0.753 e. The summed E-state index contributed by atoms with van der Waals surface area (Å²) < 4.78 is 7.61. The van der Waals surface area contributed by atoms with Crippen molar-refractivity contribution < 1.29 is 17.1 Å². The number of aromatic nitrogens is 12. The molecule has 0 N–H and O–H groups in total. The van der Waals surface area contributed by atoms with E-state index in [0.29, 0.717) is 23.3 Å². The zero-order valence-corrected chi connectivity index (χ0v) is 29.0. The van der Waals surface area contributed by atoms with Gasteiger partial charge in [0.15, 0.2) is 0 Å². The number of hydrogen-bond donors (Lipinski definition) is 0. The van der Waals surface area contributed by atoms with Crippen molar-refractivity contribution >= 4 is 34.8 Å². The van der Waals surface area contributed by atoms with Crippen molar-refractivity contribution in [1.29, 1.82) is 0 Å². The summed E-state index contributed by atoms with van der Waals surface area (Å²) in [5.74, 6) is 2.66. The van der Waals surface area contributed by atoms with Crippen LogP contribution in [0.15, 0.2) is 147 Å². The molecule has 0 bridgehead atoms. The van der Waals surface area contributed by atoms with Gasteiger partial charge in [-0.05, 0) is 72.8 Å². The standard InChI is InChI=1S/2C16H12N6.2CNS.Fe/c2*1-3-9-17-13(7-1)15-19-20-16(14-8-2-4-10-18-14)22(15)21-11-5-6-12-21;2*2-1-3;/h2*1-12H;;;/q;;2*-1;+2. The molecule has 14 nitrogen and oxygen atoms in total. The second kappa shape index (κ2) is 19.5. The fourth-order valence-electron chi connectivity index (χ4n) is 4.53. The third-order valence-corrected chi connectivity index (χ3v) is 6.50. The third-order valence-electron chi connectivity index (χ3n) is 6.50. The van der Waals surface area contributed by atoms with Crippen LogP contribution >= 0.6 is 24.4 Å². The molecule has 0 spiro atoms. The maximum absolute atomic E-state index is 7.13. The van der Waals surface area contributed by atoms with E-state index in [4.69, 9.17) is 10.8 Å². The van der Waals surface area contributed by atoms with Gasteiger partial charge in [0.05, 0.1) is 0 Å². The van der Waals surface area contributed by atoms with E-state index in [0.717, 1.165) is 22.8 Å². The summed E-state index contributed by atoms with van der Waals surface area (Å²) in [5, 5.41) is 34.2. The number of nitrogens with zero attached hydrogens (tertiary/aromatic N) is 14.